The van der Waals surface area contributed by atoms with Crippen LogP contribution < -0.4 is 0 Å². The van der Waals surface area contributed by atoms with Gasteiger partial charge in [-0.1, -0.05) is 13.8 Å². The van der Waals surface area contributed by atoms with Gasteiger partial charge in [0.05, 0.1) is 24.7 Å². The Labute approximate surface area is 332 Å². The minimum absolute atomic E-state index is 0.0119. The number of carbonyl (C=O) groups is 7. The Morgan fingerprint density at radius 3 is 2.29 bits per heavy atom. The summed E-state index contributed by atoms with van der Waals surface area (Å²) in [7, 11) is 1.14. The summed E-state index contributed by atoms with van der Waals surface area (Å²) >= 11 is 0. The first-order valence-electron chi connectivity index (χ1n) is 19.7. The molecule has 0 saturated heterocycles. The van der Waals surface area contributed by atoms with Crippen LogP contribution in [0.1, 0.15) is 66.7 Å². The van der Waals surface area contributed by atoms with Crippen molar-refractivity contribution < 1.29 is 77.3 Å². The van der Waals surface area contributed by atoms with E-state index in [2.05, 4.69) is 0 Å². The largest absolute Gasteiger partial charge is 0.466 e. The van der Waals surface area contributed by atoms with Crippen LogP contribution >= 0.6 is 0 Å². The Bertz CT molecular complexity index is 2180. The molecule has 0 unspecified atom stereocenters. The number of hydrogen-bond acceptors (Lipinski definition) is 16. The summed E-state index contributed by atoms with van der Waals surface area (Å²) in [4.78, 5) is 94.1. The van der Waals surface area contributed by atoms with E-state index in [0.29, 0.717) is 18.4 Å². The summed E-state index contributed by atoms with van der Waals surface area (Å²) in [6.45, 7) is 5.98. The number of ether oxygens (including phenoxy) is 6. The second-order valence-corrected chi connectivity index (χ2v) is 18.1. The maximum atomic E-state index is 14.7. The molecule has 0 aromatic rings. The number of aliphatic hydroxyl groups is 3. The predicted molar refractivity (Wildman–Crippen MR) is 191 cm³/mol. The number of aliphatic hydroxyl groups excluding tert-OH is 1. The fraction of sp³-hybridized carbons (Fsp3) is 0.643. The molecule has 16 heteroatoms. The molecule has 5 saturated carbocycles. The minimum Gasteiger partial charge on any atom is -0.466 e. The molecule has 13 atom stereocenters. The summed E-state index contributed by atoms with van der Waals surface area (Å²) in [5, 5.41) is 37.8. The van der Waals surface area contributed by atoms with Crippen LogP contribution in [0.3, 0.4) is 0 Å². The topological polar surface area (TPSA) is 236 Å². The lowest BCUT2D eigenvalue weighted by atomic mass is 9.43. The maximum absolute atomic E-state index is 14.7. The number of rotatable bonds is 2. The molecule has 9 aliphatic rings. The number of cyclic esters (lactones) is 3. The Morgan fingerprint density at radius 2 is 1.60 bits per heavy atom. The van der Waals surface area contributed by atoms with Crippen molar-refractivity contribution in [1.82, 2.24) is 0 Å². The zero-order valence-electron chi connectivity index (χ0n) is 33.0. The third-order valence-electron chi connectivity index (χ3n) is 15.7. The SMILES string of the molecule is COC(=O)/C(C)=C1\C(=O)[C@H](O)[C@]2(C)C3=C1[C@]14OC(=O)C5=C1C[C@H]1[C@](O)(COC(=O)/C(C)=C/COC(=O)[C@@H](OC(C)=O)CC(=O)OC5)[C@H]5C[C@H]5[C@]1(C)[C@@H]4C[C@]3(O)[C@H]1C[C@H]12. The molecule has 2 aliphatic heterocycles. The monoisotopic (exact) mass is 806 g/mol. The van der Waals surface area contributed by atoms with Crippen molar-refractivity contribution in [3.63, 3.8) is 0 Å². The average molecular weight is 807 g/mol. The van der Waals surface area contributed by atoms with Crippen LogP contribution in [0.5, 0.6) is 0 Å². The zero-order valence-corrected chi connectivity index (χ0v) is 33.0. The van der Waals surface area contributed by atoms with E-state index in [1.165, 1.54) is 19.9 Å². The average Bonchev–Trinajstić information content (AvgIpc) is 4.09. The summed E-state index contributed by atoms with van der Waals surface area (Å²) < 4.78 is 33.4. The highest BCUT2D eigenvalue weighted by Gasteiger charge is 2.86. The van der Waals surface area contributed by atoms with Gasteiger partial charge in [-0.25, -0.2) is 19.2 Å². The Hall–Kier alpha value is -4.67. The number of esters is 6. The van der Waals surface area contributed by atoms with E-state index in [0.717, 1.165) is 14.0 Å². The fourth-order valence-electron chi connectivity index (χ4n) is 13.0. The first-order chi connectivity index (χ1) is 27.2. The van der Waals surface area contributed by atoms with Gasteiger partial charge < -0.3 is 43.7 Å². The molecule has 58 heavy (non-hydrogen) atoms. The molecular formula is C42H46O16. The summed E-state index contributed by atoms with van der Waals surface area (Å²) in [6, 6.07) is 0. The van der Waals surface area contributed by atoms with Crippen LogP contribution in [-0.4, -0.2) is 113 Å². The molecule has 7 aliphatic carbocycles. The Morgan fingerprint density at radius 1 is 0.897 bits per heavy atom. The second kappa shape index (κ2) is 12.2. The molecule has 3 N–H and O–H groups in total. The lowest BCUT2D eigenvalue weighted by molar-refractivity contribution is -0.186. The van der Waals surface area contributed by atoms with Gasteiger partial charge in [0.2, 0.25) is 6.10 Å². The molecule has 0 aromatic heterocycles. The molecular weight excluding hydrogens is 760 g/mol. The summed E-state index contributed by atoms with van der Waals surface area (Å²) in [5.74, 6) is -9.21. The van der Waals surface area contributed by atoms with E-state index < -0.39 is 120 Å². The quantitative estimate of drug-likeness (QED) is 0.201. The highest BCUT2D eigenvalue weighted by molar-refractivity contribution is 6.12. The van der Waals surface area contributed by atoms with E-state index in [-0.39, 0.29) is 70.0 Å². The van der Waals surface area contributed by atoms with Crippen molar-refractivity contribution in [3.8, 4) is 0 Å². The molecule has 9 rings (SSSR count). The van der Waals surface area contributed by atoms with Crippen LogP contribution in [0.2, 0.25) is 0 Å². The van der Waals surface area contributed by atoms with E-state index in [1.807, 2.05) is 6.92 Å². The number of Topliss-reactive ketones (excluding diaryl/α,β-unsaturated/α-hetero) is 1. The van der Waals surface area contributed by atoms with Crippen LogP contribution in [0, 0.1) is 46.3 Å². The predicted octanol–water partition coefficient (Wildman–Crippen LogP) is 1.03. The third-order valence-corrected chi connectivity index (χ3v) is 15.7. The zero-order chi connectivity index (χ0) is 41.8. The molecule has 310 valence electrons. The molecule has 0 amide bonds. The number of ketones is 1. The van der Waals surface area contributed by atoms with Crippen LogP contribution in [0.4, 0.5) is 0 Å². The fourth-order valence-corrected chi connectivity index (χ4v) is 13.0. The van der Waals surface area contributed by atoms with Gasteiger partial charge in [0.1, 0.15) is 31.5 Å². The van der Waals surface area contributed by atoms with Crippen molar-refractivity contribution in [2.75, 3.05) is 26.9 Å². The smallest absolute Gasteiger partial charge is 0.348 e. The van der Waals surface area contributed by atoms with Crippen LogP contribution in [0.25, 0.3) is 0 Å². The van der Waals surface area contributed by atoms with Crippen molar-refractivity contribution in [2.24, 2.45) is 46.3 Å². The first-order valence-corrected chi connectivity index (χ1v) is 19.7. The Kier molecular flexibility index (Phi) is 8.16. The van der Waals surface area contributed by atoms with E-state index in [4.69, 9.17) is 28.4 Å². The van der Waals surface area contributed by atoms with Gasteiger partial charge in [0.25, 0.3) is 0 Å². The maximum Gasteiger partial charge on any atom is 0.348 e. The van der Waals surface area contributed by atoms with Gasteiger partial charge in [0.15, 0.2) is 11.4 Å². The summed E-state index contributed by atoms with van der Waals surface area (Å²) in [6.07, 6.45) is -1.90. The highest BCUT2D eigenvalue weighted by atomic mass is 16.6. The number of methoxy groups -OCH3 is 1. The van der Waals surface area contributed by atoms with Crippen LogP contribution in [0.15, 0.2) is 45.1 Å². The Balaban J connectivity index is 1.27. The van der Waals surface area contributed by atoms with Crippen molar-refractivity contribution in [1.29, 1.82) is 0 Å². The van der Waals surface area contributed by atoms with Gasteiger partial charge in [-0.05, 0) is 85.8 Å². The number of fused-ring (bicyclic) bond motifs is 7. The number of hydrogen-bond donors (Lipinski definition) is 3. The minimum atomic E-state index is -1.84. The van der Waals surface area contributed by atoms with Crippen LogP contribution in [-0.2, 0) is 62.0 Å². The molecule has 16 nitrogen and oxygen atoms in total. The summed E-state index contributed by atoms with van der Waals surface area (Å²) in [5.41, 5.74) is -7.09. The lowest BCUT2D eigenvalue weighted by Crippen LogP contribution is -2.67. The molecule has 2 bridgehead atoms. The lowest BCUT2D eigenvalue weighted by Gasteiger charge is -2.63. The first kappa shape index (κ1) is 38.8. The molecule has 1 spiro atoms. The molecule has 0 aromatic carbocycles. The van der Waals surface area contributed by atoms with Gasteiger partial charge in [-0.3, -0.25) is 14.4 Å². The second-order valence-electron chi connectivity index (χ2n) is 18.1. The molecule has 0 radical (unpaired) electrons. The van der Waals surface area contributed by atoms with Gasteiger partial charge in [-0.2, -0.15) is 0 Å². The van der Waals surface area contributed by atoms with Gasteiger partial charge in [0, 0.05) is 46.5 Å². The standard InChI is InChI=1S/C42H46O16/c1-16-7-8-54-37(50)25(57-18(3)43)12-28(44)55-14-19-20-11-26-38(4,21-9-24(21)41(26,52)15-56-34(16)47)27-13-40(51)23-10-22(23)39(5)32(40)30(42(20,27)58-36(19)49)29(31(45)33(39)46)17(2)35(48)53-6/h7,21-27,33,46,51-52H,8-15H2,1-6H3/b16-7+,29-17-/t21-,22-,23+,24+,25+,26-,27+,33+,38+,39+,40+,41+,42+/m1/s1. The third kappa shape index (κ3) is 4.70. The van der Waals surface area contributed by atoms with Gasteiger partial charge >= 0.3 is 35.8 Å². The number of carbonyl (C=O) groups excluding carboxylic acids is 7. The van der Waals surface area contributed by atoms with E-state index in [9.17, 15) is 48.9 Å². The van der Waals surface area contributed by atoms with E-state index in [1.54, 1.807) is 6.92 Å². The highest BCUT2D eigenvalue weighted by Crippen LogP contribution is 2.84. The molecule has 2 heterocycles. The van der Waals surface area contributed by atoms with Crippen molar-refractivity contribution >= 4 is 41.6 Å². The van der Waals surface area contributed by atoms with Crippen molar-refractivity contribution in [3.05, 3.63) is 45.1 Å². The van der Waals surface area contributed by atoms with E-state index >= 15 is 0 Å². The normalized spacial score (nSPS) is 46.7. The van der Waals surface area contributed by atoms with Gasteiger partial charge in [-0.15, -0.1) is 0 Å². The molecule has 5 fully saturated rings. The van der Waals surface area contributed by atoms with Crippen molar-refractivity contribution in [2.45, 2.75) is 95.7 Å².